The van der Waals surface area contributed by atoms with Crippen LogP contribution in [-0.4, -0.2) is 18.7 Å². The molecule has 0 amide bonds. The third kappa shape index (κ3) is 3.66. The van der Waals surface area contributed by atoms with Crippen molar-refractivity contribution in [2.45, 2.75) is 6.92 Å². The van der Waals surface area contributed by atoms with Gasteiger partial charge in [0.1, 0.15) is 5.75 Å². The third-order valence-electron chi connectivity index (χ3n) is 3.09. The van der Waals surface area contributed by atoms with Crippen LogP contribution in [0, 0.1) is 0 Å². The van der Waals surface area contributed by atoms with E-state index in [2.05, 4.69) is 0 Å². The lowest BCUT2D eigenvalue weighted by molar-refractivity contribution is -0.113. The van der Waals surface area contributed by atoms with Gasteiger partial charge in [-0.15, -0.1) is 0 Å². The van der Waals surface area contributed by atoms with Gasteiger partial charge in [0.2, 0.25) is 0 Å². The SMILES string of the molecule is COc1ccc(/C=C(/C(C)=O)C(=O)c2ccccc2)cc1. The highest BCUT2D eigenvalue weighted by Gasteiger charge is 2.16. The lowest BCUT2D eigenvalue weighted by atomic mass is 9.98. The highest BCUT2D eigenvalue weighted by atomic mass is 16.5. The normalized spacial score (nSPS) is 11.0. The van der Waals surface area contributed by atoms with Gasteiger partial charge in [0.25, 0.3) is 0 Å². The van der Waals surface area contributed by atoms with E-state index in [0.29, 0.717) is 5.56 Å². The number of carbonyl (C=O) groups excluding carboxylic acids is 2. The van der Waals surface area contributed by atoms with Crippen LogP contribution >= 0.6 is 0 Å². The smallest absolute Gasteiger partial charge is 0.196 e. The van der Waals surface area contributed by atoms with E-state index in [4.69, 9.17) is 4.74 Å². The summed E-state index contributed by atoms with van der Waals surface area (Å²) in [6, 6.07) is 16.0. The van der Waals surface area contributed by atoms with Gasteiger partial charge in [0.05, 0.1) is 12.7 Å². The van der Waals surface area contributed by atoms with Crippen LogP contribution in [0.2, 0.25) is 0 Å². The maximum atomic E-state index is 12.4. The first-order valence-electron chi connectivity index (χ1n) is 6.58. The lowest BCUT2D eigenvalue weighted by Crippen LogP contribution is -2.10. The molecule has 0 saturated heterocycles. The minimum Gasteiger partial charge on any atom is -0.497 e. The minimum absolute atomic E-state index is 0.173. The number of ether oxygens (including phenoxy) is 1. The second-order valence-electron chi connectivity index (χ2n) is 4.58. The number of allylic oxidation sites excluding steroid dienone is 1. The molecule has 0 fully saturated rings. The number of ketones is 2. The Morgan fingerprint density at radius 1 is 0.952 bits per heavy atom. The van der Waals surface area contributed by atoms with Gasteiger partial charge in [-0.2, -0.15) is 0 Å². The Morgan fingerprint density at radius 2 is 1.57 bits per heavy atom. The highest BCUT2D eigenvalue weighted by Crippen LogP contribution is 2.17. The number of benzene rings is 2. The van der Waals surface area contributed by atoms with Gasteiger partial charge < -0.3 is 4.74 Å². The van der Waals surface area contributed by atoms with Crippen LogP contribution in [0.5, 0.6) is 5.75 Å². The first-order valence-corrected chi connectivity index (χ1v) is 6.58. The van der Waals surface area contributed by atoms with Crippen molar-refractivity contribution in [3.63, 3.8) is 0 Å². The van der Waals surface area contributed by atoms with Crippen LogP contribution in [0.1, 0.15) is 22.8 Å². The molecular formula is C18H16O3. The highest BCUT2D eigenvalue weighted by molar-refractivity contribution is 6.28. The topological polar surface area (TPSA) is 43.4 Å². The molecular weight excluding hydrogens is 264 g/mol. The van der Waals surface area contributed by atoms with E-state index in [0.717, 1.165) is 11.3 Å². The summed E-state index contributed by atoms with van der Waals surface area (Å²) < 4.78 is 5.08. The van der Waals surface area contributed by atoms with Crippen molar-refractivity contribution in [1.82, 2.24) is 0 Å². The molecule has 106 valence electrons. The molecule has 0 spiro atoms. The second-order valence-corrected chi connectivity index (χ2v) is 4.58. The van der Waals surface area contributed by atoms with Gasteiger partial charge in [-0.1, -0.05) is 42.5 Å². The first kappa shape index (κ1) is 14.7. The molecule has 0 aliphatic heterocycles. The molecule has 0 bridgehead atoms. The van der Waals surface area contributed by atoms with Gasteiger partial charge >= 0.3 is 0 Å². The molecule has 0 aliphatic rings. The summed E-state index contributed by atoms with van der Waals surface area (Å²) in [5.74, 6) is 0.213. The Bertz CT molecular complexity index is 667. The molecule has 0 unspecified atom stereocenters. The Labute approximate surface area is 123 Å². The first-order chi connectivity index (χ1) is 10.1. The van der Waals surface area contributed by atoms with E-state index in [1.807, 2.05) is 6.07 Å². The van der Waals surface area contributed by atoms with Crippen molar-refractivity contribution in [3.05, 3.63) is 71.3 Å². The molecule has 3 heteroatoms. The van der Waals surface area contributed by atoms with Crippen molar-refractivity contribution in [2.75, 3.05) is 7.11 Å². The number of hydrogen-bond donors (Lipinski definition) is 0. The summed E-state index contributed by atoms with van der Waals surface area (Å²) in [5, 5.41) is 0. The fraction of sp³-hybridized carbons (Fsp3) is 0.111. The van der Waals surface area contributed by atoms with Gasteiger partial charge in [-0.05, 0) is 30.7 Å². The van der Waals surface area contributed by atoms with Crippen molar-refractivity contribution in [3.8, 4) is 5.75 Å². The molecule has 0 N–H and O–H groups in total. The molecule has 0 radical (unpaired) electrons. The van der Waals surface area contributed by atoms with Crippen molar-refractivity contribution < 1.29 is 14.3 Å². The van der Waals surface area contributed by atoms with Crippen LogP contribution in [0.3, 0.4) is 0 Å². The molecule has 2 rings (SSSR count). The van der Waals surface area contributed by atoms with E-state index < -0.39 is 0 Å². The molecule has 0 saturated carbocycles. The van der Waals surface area contributed by atoms with E-state index in [-0.39, 0.29) is 17.1 Å². The molecule has 0 aliphatic carbocycles. The number of Topliss-reactive ketones (excluding diaryl/α,β-unsaturated/α-hetero) is 2. The average molecular weight is 280 g/mol. The summed E-state index contributed by atoms with van der Waals surface area (Å²) in [5.41, 5.74) is 1.46. The zero-order valence-electron chi connectivity index (χ0n) is 12.0. The Hall–Kier alpha value is -2.68. The molecule has 2 aromatic carbocycles. The zero-order valence-corrected chi connectivity index (χ0v) is 12.0. The molecule has 2 aromatic rings. The summed E-state index contributed by atoms with van der Waals surface area (Å²) in [6.45, 7) is 1.40. The predicted molar refractivity (Wildman–Crippen MR) is 82.4 cm³/mol. The molecule has 0 atom stereocenters. The van der Waals surface area contributed by atoms with Crippen LogP contribution in [-0.2, 0) is 4.79 Å². The van der Waals surface area contributed by atoms with Crippen LogP contribution in [0.25, 0.3) is 6.08 Å². The Kier molecular flexibility index (Phi) is 4.67. The van der Waals surface area contributed by atoms with E-state index in [1.165, 1.54) is 6.92 Å². The fourth-order valence-corrected chi connectivity index (χ4v) is 1.94. The van der Waals surface area contributed by atoms with Gasteiger partial charge in [-0.25, -0.2) is 0 Å². The maximum absolute atomic E-state index is 12.4. The molecule has 0 heterocycles. The predicted octanol–water partition coefficient (Wildman–Crippen LogP) is 3.55. The van der Waals surface area contributed by atoms with Gasteiger partial charge in [-0.3, -0.25) is 9.59 Å². The minimum atomic E-state index is -0.265. The second kappa shape index (κ2) is 6.66. The molecule has 21 heavy (non-hydrogen) atoms. The largest absolute Gasteiger partial charge is 0.497 e. The standard InChI is InChI=1S/C18H16O3/c1-13(19)17(18(20)15-6-4-3-5-7-15)12-14-8-10-16(21-2)11-9-14/h3-12H,1-2H3/b17-12-. The van der Waals surface area contributed by atoms with Crippen LogP contribution in [0.15, 0.2) is 60.2 Å². The van der Waals surface area contributed by atoms with Gasteiger partial charge in [0.15, 0.2) is 11.6 Å². The maximum Gasteiger partial charge on any atom is 0.196 e. The monoisotopic (exact) mass is 280 g/mol. The number of hydrogen-bond acceptors (Lipinski definition) is 3. The number of rotatable bonds is 5. The summed E-state index contributed by atoms with van der Waals surface area (Å²) in [4.78, 5) is 24.2. The van der Waals surface area contributed by atoms with Crippen LogP contribution < -0.4 is 4.74 Å². The Morgan fingerprint density at radius 3 is 2.10 bits per heavy atom. The van der Waals surface area contributed by atoms with Crippen molar-refractivity contribution in [2.24, 2.45) is 0 Å². The average Bonchev–Trinajstić information content (AvgIpc) is 2.53. The van der Waals surface area contributed by atoms with Crippen molar-refractivity contribution >= 4 is 17.6 Å². The van der Waals surface area contributed by atoms with Gasteiger partial charge in [0, 0.05) is 5.56 Å². The number of carbonyl (C=O) groups is 2. The zero-order chi connectivity index (χ0) is 15.2. The fourth-order valence-electron chi connectivity index (χ4n) is 1.94. The van der Waals surface area contributed by atoms with Crippen molar-refractivity contribution in [1.29, 1.82) is 0 Å². The third-order valence-corrected chi connectivity index (χ3v) is 3.09. The Balaban J connectivity index is 2.36. The van der Waals surface area contributed by atoms with E-state index in [1.54, 1.807) is 61.7 Å². The number of methoxy groups -OCH3 is 1. The summed E-state index contributed by atoms with van der Waals surface area (Å²) >= 11 is 0. The lowest BCUT2D eigenvalue weighted by Gasteiger charge is -2.04. The van der Waals surface area contributed by atoms with E-state index >= 15 is 0 Å². The quantitative estimate of drug-likeness (QED) is 0.364. The van der Waals surface area contributed by atoms with Crippen LogP contribution in [0.4, 0.5) is 0 Å². The van der Waals surface area contributed by atoms with E-state index in [9.17, 15) is 9.59 Å². The molecule has 0 aromatic heterocycles. The summed E-state index contributed by atoms with van der Waals surface area (Å²) in [6.07, 6.45) is 1.61. The summed E-state index contributed by atoms with van der Waals surface area (Å²) in [7, 11) is 1.59. The molecule has 3 nitrogen and oxygen atoms in total.